The van der Waals surface area contributed by atoms with Gasteiger partial charge in [-0.3, -0.25) is 20.2 Å². The molecular formula is C19H14ClN5O5. The van der Waals surface area contributed by atoms with Gasteiger partial charge in [-0.05, 0) is 24.6 Å². The van der Waals surface area contributed by atoms with Crippen molar-refractivity contribution in [1.82, 2.24) is 15.3 Å². The number of para-hydroxylation sites is 1. The van der Waals surface area contributed by atoms with Crippen molar-refractivity contribution in [3.05, 3.63) is 81.1 Å². The Morgan fingerprint density at radius 3 is 2.53 bits per heavy atom. The van der Waals surface area contributed by atoms with Crippen LogP contribution in [0.2, 0.25) is 5.02 Å². The van der Waals surface area contributed by atoms with Crippen molar-refractivity contribution in [3.63, 3.8) is 0 Å². The lowest BCUT2D eigenvalue weighted by Gasteiger charge is -2.11. The molecule has 3 aromatic rings. The number of ether oxygens (including phenoxy) is 1. The number of nitrogens with one attached hydrogen (secondary N) is 2. The molecule has 0 unspecified atom stereocenters. The van der Waals surface area contributed by atoms with Crippen LogP contribution in [-0.2, 0) is 0 Å². The SMILES string of the molecule is Cc1ccc(NC(=O)NC(=O)c2ccccc2[N+](=O)[O-])cc1Oc1ncc(Cl)cn1. The number of anilines is 1. The first-order chi connectivity index (χ1) is 14.3. The minimum absolute atomic E-state index is 0.0654. The third kappa shape index (κ3) is 5.06. The third-order valence-corrected chi connectivity index (χ3v) is 4.01. The molecule has 30 heavy (non-hydrogen) atoms. The number of carbonyl (C=O) groups excluding carboxylic acids is 2. The predicted molar refractivity (Wildman–Crippen MR) is 108 cm³/mol. The standard InChI is InChI=1S/C19H14ClN5O5/c1-11-6-7-13(8-16(11)30-19-21-9-12(20)10-22-19)23-18(27)24-17(26)14-4-2-3-5-15(14)25(28)29/h2-10H,1H3,(H2,23,24,26,27). The number of amides is 3. The van der Waals surface area contributed by atoms with E-state index in [1.807, 2.05) is 0 Å². The maximum Gasteiger partial charge on any atom is 0.326 e. The van der Waals surface area contributed by atoms with E-state index in [4.69, 9.17) is 16.3 Å². The Kier molecular flexibility index (Phi) is 6.18. The monoisotopic (exact) mass is 427 g/mol. The number of urea groups is 1. The zero-order valence-electron chi connectivity index (χ0n) is 15.5. The van der Waals surface area contributed by atoms with Crippen LogP contribution in [0.25, 0.3) is 0 Å². The molecule has 2 N–H and O–H groups in total. The Labute approximate surface area is 175 Å². The van der Waals surface area contributed by atoms with E-state index in [1.54, 1.807) is 19.1 Å². The Morgan fingerprint density at radius 2 is 1.83 bits per heavy atom. The number of aromatic nitrogens is 2. The normalized spacial score (nSPS) is 10.2. The highest BCUT2D eigenvalue weighted by Crippen LogP contribution is 2.26. The molecule has 11 heteroatoms. The van der Waals surface area contributed by atoms with Gasteiger partial charge in [-0.25, -0.2) is 14.8 Å². The van der Waals surface area contributed by atoms with Gasteiger partial charge in [0.1, 0.15) is 11.3 Å². The van der Waals surface area contributed by atoms with Crippen LogP contribution >= 0.6 is 11.6 Å². The van der Waals surface area contributed by atoms with Crippen LogP contribution in [0.3, 0.4) is 0 Å². The summed E-state index contributed by atoms with van der Waals surface area (Å²) in [6.45, 7) is 1.78. The second-order valence-corrected chi connectivity index (χ2v) is 6.39. The van der Waals surface area contributed by atoms with E-state index < -0.39 is 22.5 Å². The van der Waals surface area contributed by atoms with Gasteiger partial charge in [0.2, 0.25) is 0 Å². The molecule has 3 amide bonds. The molecule has 0 aliphatic heterocycles. The van der Waals surface area contributed by atoms with E-state index in [1.165, 1.54) is 42.7 Å². The molecule has 0 fully saturated rings. The molecule has 10 nitrogen and oxygen atoms in total. The first-order valence-electron chi connectivity index (χ1n) is 8.45. The molecule has 0 aliphatic rings. The van der Waals surface area contributed by atoms with E-state index in [9.17, 15) is 19.7 Å². The quantitative estimate of drug-likeness (QED) is 0.462. The Morgan fingerprint density at radius 1 is 1.13 bits per heavy atom. The highest BCUT2D eigenvalue weighted by molar-refractivity contribution is 6.30. The summed E-state index contributed by atoms with van der Waals surface area (Å²) in [5.41, 5.74) is 0.426. The molecule has 0 bridgehead atoms. The predicted octanol–water partition coefficient (Wildman–Crippen LogP) is 4.10. The summed E-state index contributed by atoms with van der Waals surface area (Å²) in [6.07, 6.45) is 2.76. The molecule has 2 aromatic carbocycles. The maximum atomic E-state index is 12.2. The lowest BCUT2D eigenvalue weighted by molar-refractivity contribution is -0.385. The summed E-state index contributed by atoms with van der Waals surface area (Å²) in [7, 11) is 0. The summed E-state index contributed by atoms with van der Waals surface area (Å²) in [4.78, 5) is 42.6. The fraction of sp³-hybridized carbons (Fsp3) is 0.0526. The van der Waals surface area contributed by atoms with Crippen molar-refractivity contribution in [2.45, 2.75) is 6.92 Å². The minimum atomic E-state index is -0.905. The number of benzene rings is 2. The number of nitro groups is 1. The van der Waals surface area contributed by atoms with Crippen LogP contribution in [0.4, 0.5) is 16.2 Å². The molecular weight excluding hydrogens is 414 g/mol. The van der Waals surface area contributed by atoms with E-state index >= 15 is 0 Å². The third-order valence-electron chi connectivity index (χ3n) is 3.82. The summed E-state index contributed by atoms with van der Waals surface area (Å²) >= 11 is 5.74. The van der Waals surface area contributed by atoms with Crippen molar-refractivity contribution < 1.29 is 19.2 Å². The lowest BCUT2D eigenvalue weighted by atomic mass is 10.1. The fourth-order valence-electron chi connectivity index (χ4n) is 2.40. The van der Waals surface area contributed by atoms with Gasteiger partial charge in [-0.1, -0.05) is 29.8 Å². The van der Waals surface area contributed by atoms with E-state index in [-0.39, 0.29) is 11.6 Å². The zero-order valence-corrected chi connectivity index (χ0v) is 16.2. The van der Waals surface area contributed by atoms with Crippen molar-refractivity contribution in [1.29, 1.82) is 0 Å². The summed E-state index contributed by atoms with van der Waals surface area (Å²) < 4.78 is 5.58. The van der Waals surface area contributed by atoms with Crippen LogP contribution in [0.15, 0.2) is 54.9 Å². The van der Waals surface area contributed by atoms with Crippen LogP contribution < -0.4 is 15.4 Å². The molecule has 152 valence electrons. The second kappa shape index (κ2) is 8.97. The van der Waals surface area contributed by atoms with Gasteiger partial charge in [-0.2, -0.15) is 0 Å². The van der Waals surface area contributed by atoms with E-state index in [0.29, 0.717) is 16.5 Å². The van der Waals surface area contributed by atoms with Gasteiger partial charge in [0.05, 0.1) is 22.3 Å². The molecule has 1 aromatic heterocycles. The van der Waals surface area contributed by atoms with Crippen LogP contribution in [-0.4, -0.2) is 26.8 Å². The number of aryl methyl sites for hydroxylation is 1. The highest BCUT2D eigenvalue weighted by Gasteiger charge is 2.21. The molecule has 0 saturated carbocycles. The molecule has 0 aliphatic carbocycles. The van der Waals surface area contributed by atoms with Crippen molar-refractivity contribution >= 4 is 34.9 Å². The van der Waals surface area contributed by atoms with Crippen molar-refractivity contribution in [2.24, 2.45) is 0 Å². The molecule has 0 atom stereocenters. The number of hydrogen-bond donors (Lipinski definition) is 2. The summed E-state index contributed by atoms with van der Waals surface area (Å²) in [5, 5.41) is 15.9. The van der Waals surface area contributed by atoms with Gasteiger partial charge in [-0.15, -0.1) is 0 Å². The molecule has 3 rings (SSSR count). The van der Waals surface area contributed by atoms with Gasteiger partial charge in [0, 0.05) is 17.8 Å². The average Bonchev–Trinajstić information content (AvgIpc) is 2.72. The summed E-state index contributed by atoms with van der Waals surface area (Å²) in [6, 6.07) is 9.31. The number of imide groups is 1. The van der Waals surface area contributed by atoms with E-state index in [0.717, 1.165) is 5.56 Å². The molecule has 0 radical (unpaired) electrons. The number of nitrogens with zero attached hydrogens (tertiary/aromatic N) is 3. The fourth-order valence-corrected chi connectivity index (χ4v) is 2.49. The number of nitro benzene ring substituents is 1. The van der Waals surface area contributed by atoms with Gasteiger partial charge < -0.3 is 10.1 Å². The molecule has 0 spiro atoms. The first kappa shape index (κ1) is 20.7. The van der Waals surface area contributed by atoms with Crippen molar-refractivity contribution in [3.8, 4) is 11.8 Å². The van der Waals surface area contributed by atoms with Gasteiger partial charge in [0.15, 0.2) is 0 Å². The largest absolute Gasteiger partial charge is 0.424 e. The maximum absolute atomic E-state index is 12.2. The highest BCUT2D eigenvalue weighted by atomic mass is 35.5. The van der Waals surface area contributed by atoms with Gasteiger partial charge >= 0.3 is 12.0 Å². The molecule has 1 heterocycles. The van der Waals surface area contributed by atoms with Gasteiger partial charge in [0.25, 0.3) is 11.6 Å². The number of rotatable bonds is 5. The smallest absolute Gasteiger partial charge is 0.326 e. The molecule has 0 saturated heterocycles. The second-order valence-electron chi connectivity index (χ2n) is 5.95. The first-order valence-corrected chi connectivity index (χ1v) is 8.83. The lowest BCUT2D eigenvalue weighted by Crippen LogP contribution is -2.34. The Balaban J connectivity index is 1.70. The Hall–Kier alpha value is -4.05. The van der Waals surface area contributed by atoms with Crippen LogP contribution in [0.1, 0.15) is 15.9 Å². The number of hydrogen-bond acceptors (Lipinski definition) is 7. The van der Waals surface area contributed by atoms with Crippen LogP contribution in [0.5, 0.6) is 11.8 Å². The minimum Gasteiger partial charge on any atom is -0.424 e. The number of halogens is 1. The topological polar surface area (TPSA) is 136 Å². The van der Waals surface area contributed by atoms with E-state index in [2.05, 4.69) is 20.6 Å². The zero-order chi connectivity index (χ0) is 21.7. The average molecular weight is 428 g/mol. The number of carbonyl (C=O) groups is 2. The van der Waals surface area contributed by atoms with Crippen molar-refractivity contribution in [2.75, 3.05) is 5.32 Å². The van der Waals surface area contributed by atoms with Crippen LogP contribution in [0, 0.1) is 17.0 Å². The summed E-state index contributed by atoms with van der Waals surface area (Å²) in [5.74, 6) is -0.530. The Bertz CT molecular complexity index is 1120.